The molecule has 104 valence electrons. The van der Waals surface area contributed by atoms with E-state index in [-0.39, 0.29) is 11.8 Å². The highest BCUT2D eigenvalue weighted by Crippen LogP contribution is 2.28. The fourth-order valence-corrected chi connectivity index (χ4v) is 3.66. The topological polar surface area (TPSA) is 40.6 Å². The van der Waals surface area contributed by atoms with Crippen molar-refractivity contribution < 1.29 is 9.59 Å². The maximum Gasteiger partial charge on any atom is 0.264 e. The molecule has 0 radical (unpaired) electrons. The smallest absolute Gasteiger partial charge is 0.264 e. The Morgan fingerprint density at radius 2 is 1.84 bits per heavy atom. The maximum absolute atomic E-state index is 12.4. The summed E-state index contributed by atoms with van der Waals surface area (Å²) in [7, 11) is 0. The second-order valence-electron chi connectivity index (χ2n) is 4.72. The molecule has 19 heavy (non-hydrogen) atoms. The van der Waals surface area contributed by atoms with Crippen molar-refractivity contribution in [1.29, 1.82) is 0 Å². The summed E-state index contributed by atoms with van der Waals surface area (Å²) in [5.41, 5.74) is 1.09. The van der Waals surface area contributed by atoms with Crippen LogP contribution in [0.4, 0.5) is 0 Å². The molecule has 1 aliphatic rings. The number of halogens is 1. The van der Waals surface area contributed by atoms with Gasteiger partial charge in [-0.05, 0) is 40.9 Å². The van der Waals surface area contributed by atoms with Gasteiger partial charge in [-0.15, -0.1) is 11.3 Å². The van der Waals surface area contributed by atoms with Gasteiger partial charge in [0.1, 0.15) is 0 Å². The number of rotatable bonds is 1. The van der Waals surface area contributed by atoms with Gasteiger partial charge in [0.25, 0.3) is 5.91 Å². The Kier molecular flexibility index (Phi) is 4.62. The van der Waals surface area contributed by atoms with Gasteiger partial charge >= 0.3 is 0 Å². The van der Waals surface area contributed by atoms with E-state index in [1.807, 2.05) is 22.8 Å². The molecule has 1 saturated heterocycles. The van der Waals surface area contributed by atoms with Crippen LogP contribution in [0.25, 0.3) is 0 Å². The monoisotopic (exact) mass is 344 g/mol. The van der Waals surface area contributed by atoms with Crippen molar-refractivity contribution in [2.75, 3.05) is 26.2 Å². The van der Waals surface area contributed by atoms with Crippen LogP contribution in [-0.2, 0) is 4.79 Å². The second kappa shape index (κ2) is 6.05. The molecule has 0 spiro atoms. The molecule has 0 atom stereocenters. The number of aryl methyl sites for hydroxylation is 1. The number of amides is 2. The number of hydrogen-bond acceptors (Lipinski definition) is 3. The minimum absolute atomic E-state index is 0.0733. The van der Waals surface area contributed by atoms with Crippen molar-refractivity contribution in [2.45, 2.75) is 20.3 Å². The standard InChI is InChI=1S/C13H17BrN2O2S/c1-9-8-11(19-12(9)14)13(18)16-5-3-4-15(6-7-16)10(2)17/h8H,3-7H2,1-2H3. The highest BCUT2D eigenvalue weighted by atomic mass is 79.9. The summed E-state index contributed by atoms with van der Waals surface area (Å²) in [6, 6.07) is 1.92. The first-order valence-electron chi connectivity index (χ1n) is 6.29. The van der Waals surface area contributed by atoms with E-state index in [0.717, 1.165) is 33.7 Å². The largest absolute Gasteiger partial charge is 0.341 e. The third kappa shape index (κ3) is 3.36. The molecule has 0 bridgehead atoms. The molecule has 1 aromatic rings. The van der Waals surface area contributed by atoms with Crippen molar-refractivity contribution >= 4 is 39.1 Å². The second-order valence-corrected chi connectivity index (χ2v) is 7.09. The molecular formula is C13H17BrN2O2S. The van der Waals surface area contributed by atoms with E-state index in [9.17, 15) is 9.59 Å². The summed E-state index contributed by atoms with van der Waals surface area (Å²) in [6.45, 7) is 6.28. The van der Waals surface area contributed by atoms with Crippen molar-refractivity contribution in [1.82, 2.24) is 9.80 Å². The van der Waals surface area contributed by atoms with E-state index in [1.54, 1.807) is 6.92 Å². The Hall–Kier alpha value is -0.880. The van der Waals surface area contributed by atoms with Crippen LogP contribution < -0.4 is 0 Å². The van der Waals surface area contributed by atoms with Crippen LogP contribution in [0.2, 0.25) is 0 Å². The van der Waals surface area contributed by atoms with E-state index in [1.165, 1.54) is 11.3 Å². The summed E-state index contributed by atoms with van der Waals surface area (Å²) in [5.74, 6) is 0.160. The Morgan fingerprint density at radius 1 is 1.21 bits per heavy atom. The molecule has 2 heterocycles. The molecule has 1 aliphatic heterocycles. The van der Waals surface area contributed by atoms with Crippen LogP contribution in [-0.4, -0.2) is 47.8 Å². The molecule has 6 heteroatoms. The van der Waals surface area contributed by atoms with Gasteiger partial charge in [0.05, 0.1) is 8.66 Å². The van der Waals surface area contributed by atoms with Crippen LogP contribution >= 0.6 is 27.3 Å². The molecule has 0 saturated carbocycles. The quantitative estimate of drug-likeness (QED) is 0.785. The molecule has 0 N–H and O–H groups in total. The zero-order chi connectivity index (χ0) is 14.0. The molecule has 0 aromatic carbocycles. The minimum Gasteiger partial charge on any atom is -0.341 e. The lowest BCUT2D eigenvalue weighted by Gasteiger charge is -2.20. The molecule has 1 fully saturated rings. The van der Waals surface area contributed by atoms with Crippen molar-refractivity contribution in [3.63, 3.8) is 0 Å². The lowest BCUT2D eigenvalue weighted by molar-refractivity contribution is -0.128. The summed E-state index contributed by atoms with van der Waals surface area (Å²) in [4.78, 5) is 28.2. The number of hydrogen-bond donors (Lipinski definition) is 0. The molecule has 0 aliphatic carbocycles. The lowest BCUT2D eigenvalue weighted by Crippen LogP contribution is -2.36. The van der Waals surface area contributed by atoms with Crippen molar-refractivity contribution in [3.8, 4) is 0 Å². The molecule has 4 nitrogen and oxygen atoms in total. The van der Waals surface area contributed by atoms with Gasteiger partial charge in [0, 0.05) is 33.1 Å². The predicted octanol–water partition coefficient (Wildman–Crippen LogP) is 2.51. The predicted molar refractivity (Wildman–Crippen MR) is 79.5 cm³/mol. The first-order chi connectivity index (χ1) is 8.99. The van der Waals surface area contributed by atoms with E-state index in [2.05, 4.69) is 15.9 Å². The third-order valence-electron chi connectivity index (χ3n) is 3.30. The summed E-state index contributed by atoms with van der Waals surface area (Å²) < 4.78 is 1.01. The first kappa shape index (κ1) is 14.5. The summed E-state index contributed by atoms with van der Waals surface area (Å²) in [5, 5.41) is 0. The van der Waals surface area contributed by atoms with E-state index >= 15 is 0 Å². The Morgan fingerprint density at radius 3 is 2.42 bits per heavy atom. The molecular weight excluding hydrogens is 328 g/mol. The van der Waals surface area contributed by atoms with Gasteiger partial charge in [-0.3, -0.25) is 9.59 Å². The minimum atomic E-state index is 0.0733. The van der Waals surface area contributed by atoms with Crippen LogP contribution in [0.15, 0.2) is 9.85 Å². The van der Waals surface area contributed by atoms with Crippen LogP contribution in [0.5, 0.6) is 0 Å². The highest BCUT2D eigenvalue weighted by molar-refractivity contribution is 9.11. The van der Waals surface area contributed by atoms with Gasteiger partial charge in [-0.1, -0.05) is 0 Å². The van der Waals surface area contributed by atoms with Gasteiger partial charge in [-0.25, -0.2) is 0 Å². The van der Waals surface area contributed by atoms with Crippen molar-refractivity contribution in [3.05, 3.63) is 20.3 Å². The Balaban J connectivity index is 2.06. The van der Waals surface area contributed by atoms with Crippen LogP contribution in [0, 0.1) is 6.92 Å². The van der Waals surface area contributed by atoms with E-state index in [4.69, 9.17) is 0 Å². The summed E-state index contributed by atoms with van der Waals surface area (Å²) >= 11 is 4.92. The van der Waals surface area contributed by atoms with Gasteiger partial charge < -0.3 is 9.80 Å². The molecule has 2 rings (SSSR count). The van der Waals surface area contributed by atoms with Crippen LogP contribution in [0.3, 0.4) is 0 Å². The Bertz CT molecular complexity index is 481. The highest BCUT2D eigenvalue weighted by Gasteiger charge is 2.22. The van der Waals surface area contributed by atoms with E-state index < -0.39 is 0 Å². The average Bonchev–Trinajstić information content (AvgIpc) is 2.59. The number of thiophene rings is 1. The fourth-order valence-electron chi connectivity index (χ4n) is 2.16. The van der Waals surface area contributed by atoms with E-state index in [0.29, 0.717) is 13.1 Å². The third-order valence-corrected chi connectivity index (χ3v) is 5.42. The zero-order valence-electron chi connectivity index (χ0n) is 11.1. The van der Waals surface area contributed by atoms with Crippen molar-refractivity contribution in [2.24, 2.45) is 0 Å². The van der Waals surface area contributed by atoms with Crippen LogP contribution in [0.1, 0.15) is 28.6 Å². The lowest BCUT2D eigenvalue weighted by atomic mass is 10.3. The SMILES string of the molecule is CC(=O)N1CCCN(C(=O)c2cc(C)c(Br)s2)CC1. The Labute approximate surface area is 125 Å². The number of nitrogens with zero attached hydrogens (tertiary/aromatic N) is 2. The molecule has 1 aromatic heterocycles. The maximum atomic E-state index is 12.4. The van der Waals surface area contributed by atoms with Gasteiger partial charge in [0.2, 0.25) is 5.91 Å². The summed E-state index contributed by atoms with van der Waals surface area (Å²) in [6.07, 6.45) is 0.844. The zero-order valence-corrected chi connectivity index (χ0v) is 13.5. The fraction of sp³-hybridized carbons (Fsp3) is 0.538. The normalized spacial score (nSPS) is 16.4. The first-order valence-corrected chi connectivity index (χ1v) is 7.90. The van der Waals surface area contributed by atoms with Gasteiger partial charge in [0.15, 0.2) is 0 Å². The molecule has 2 amide bonds. The molecule has 0 unspecified atom stereocenters. The average molecular weight is 345 g/mol. The van der Waals surface area contributed by atoms with Gasteiger partial charge in [-0.2, -0.15) is 0 Å². The number of carbonyl (C=O) groups is 2. The number of carbonyl (C=O) groups excluding carboxylic acids is 2.